The van der Waals surface area contributed by atoms with Crippen LogP contribution < -0.4 is 5.32 Å². The molecule has 2 rings (SSSR count). The number of amides is 1. The Morgan fingerprint density at radius 2 is 1.94 bits per heavy atom. The number of carbonyl (C=O) groups excluding carboxylic acids is 1. The van der Waals surface area contributed by atoms with Crippen LogP contribution in [-0.2, 0) is 4.79 Å². The summed E-state index contributed by atoms with van der Waals surface area (Å²) in [5.74, 6) is 0.102. The Morgan fingerprint density at radius 3 is 2.41 bits per heavy atom. The number of aromatic hydroxyl groups is 1. The van der Waals surface area contributed by atoms with E-state index in [1.165, 1.54) is 11.8 Å². The summed E-state index contributed by atoms with van der Waals surface area (Å²) in [4.78, 5) is 12.1. The van der Waals surface area contributed by atoms with Crippen molar-refractivity contribution in [3.05, 3.63) is 29.7 Å². The maximum atomic E-state index is 11.5. The van der Waals surface area contributed by atoms with Crippen molar-refractivity contribution >= 4 is 85.5 Å². The molecule has 88 valence electrons. The highest BCUT2D eigenvalue weighted by molar-refractivity contribution is 14.1. The van der Waals surface area contributed by atoms with Crippen molar-refractivity contribution in [1.82, 2.24) is 5.32 Å². The van der Waals surface area contributed by atoms with Crippen LogP contribution in [0.15, 0.2) is 17.0 Å². The highest BCUT2D eigenvalue weighted by Gasteiger charge is 2.22. The lowest BCUT2D eigenvalue weighted by Gasteiger charge is -2.02. The van der Waals surface area contributed by atoms with Crippen LogP contribution in [-0.4, -0.2) is 15.3 Å². The Morgan fingerprint density at radius 1 is 1.35 bits per heavy atom. The molecule has 2 N–H and O–H groups in total. The normalized spacial score (nSPS) is 17.6. The summed E-state index contributed by atoms with van der Waals surface area (Å²) in [6.45, 7) is 0. The van der Waals surface area contributed by atoms with Gasteiger partial charge < -0.3 is 10.4 Å². The van der Waals surface area contributed by atoms with Crippen LogP contribution in [0.5, 0.6) is 5.75 Å². The highest BCUT2D eigenvalue weighted by Crippen LogP contribution is 2.31. The van der Waals surface area contributed by atoms with E-state index >= 15 is 0 Å². The number of thioether (sulfide) groups is 1. The van der Waals surface area contributed by atoms with E-state index in [2.05, 4.69) is 50.5 Å². The summed E-state index contributed by atoms with van der Waals surface area (Å²) in [5.41, 5.74) is 0.874. The van der Waals surface area contributed by atoms with E-state index in [-0.39, 0.29) is 11.7 Å². The molecule has 1 amide bonds. The number of carbonyl (C=O) groups is 1. The third-order valence-electron chi connectivity index (χ3n) is 1.98. The summed E-state index contributed by atoms with van der Waals surface area (Å²) in [7, 11) is 0. The number of halogens is 2. The van der Waals surface area contributed by atoms with Gasteiger partial charge in [-0.25, -0.2) is 0 Å². The lowest BCUT2D eigenvalue weighted by molar-refractivity contribution is -0.115. The van der Waals surface area contributed by atoms with Gasteiger partial charge in [0, 0.05) is 0 Å². The predicted molar refractivity (Wildman–Crippen MR) is 89.8 cm³/mol. The molecule has 7 heteroatoms. The van der Waals surface area contributed by atoms with Crippen LogP contribution >= 0.6 is 69.2 Å². The molecule has 1 heterocycles. The summed E-state index contributed by atoms with van der Waals surface area (Å²) < 4.78 is 1.99. The Bertz CT molecular complexity index is 534. The maximum Gasteiger partial charge on any atom is 0.263 e. The smallest absolute Gasteiger partial charge is 0.263 e. The van der Waals surface area contributed by atoms with Gasteiger partial charge in [0.25, 0.3) is 5.91 Å². The van der Waals surface area contributed by atoms with Crippen molar-refractivity contribution in [2.45, 2.75) is 0 Å². The molecule has 0 spiro atoms. The molecule has 0 atom stereocenters. The third kappa shape index (κ3) is 3.12. The van der Waals surface area contributed by atoms with Crippen LogP contribution in [0.1, 0.15) is 5.56 Å². The van der Waals surface area contributed by atoms with Crippen LogP contribution in [0.25, 0.3) is 6.08 Å². The number of phenols is 1. The van der Waals surface area contributed by atoms with E-state index in [1.807, 2.05) is 12.1 Å². The second kappa shape index (κ2) is 5.41. The van der Waals surface area contributed by atoms with Gasteiger partial charge in [0.1, 0.15) is 10.1 Å². The maximum absolute atomic E-state index is 11.5. The Kier molecular flexibility index (Phi) is 4.31. The topological polar surface area (TPSA) is 49.3 Å². The van der Waals surface area contributed by atoms with Gasteiger partial charge in [0.2, 0.25) is 0 Å². The van der Waals surface area contributed by atoms with E-state index in [0.717, 1.165) is 12.7 Å². The van der Waals surface area contributed by atoms with Crippen LogP contribution in [0.4, 0.5) is 0 Å². The second-order valence-corrected chi connectivity index (χ2v) is 7.23. The average molecular weight is 489 g/mol. The van der Waals surface area contributed by atoms with E-state index < -0.39 is 0 Å². The average Bonchev–Trinajstić information content (AvgIpc) is 2.54. The predicted octanol–water partition coefficient (Wildman–Crippen LogP) is 3.09. The number of thiocarbonyl (C=S) groups is 1. The van der Waals surface area contributed by atoms with Gasteiger partial charge in [-0.3, -0.25) is 4.79 Å². The summed E-state index contributed by atoms with van der Waals surface area (Å²) in [6, 6.07) is 3.64. The number of nitrogens with one attached hydrogen (secondary N) is 1. The SMILES string of the molecule is O=C1NC(=S)S/C1=C/c1cc(I)c(O)c(I)c1. The fraction of sp³-hybridized carbons (Fsp3) is 0. The van der Waals surface area contributed by atoms with Gasteiger partial charge in [-0.05, 0) is 69.0 Å². The minimum atomic E-state index is -0.168. The van der Waals surface area contributed by atoms with Gasteiger partial charge in [0.15, 0.2) is 0 Å². The van der Waals surface area contributed by atoms with Crippen molar-refractivity contribution < 1.29 is 9.90 Å². The quantitative estimate of drug-likeness (QED) is 0.362. The highest BCUT2D eigenvalue weighted by atomic mass is 127. The first-order valence-corrected chi connectivity index (χ1v) is 7.78. The van der Waals surface area contributed by atoms with Crippen LogP contribution in [0, 0.1) is 7.14 Å². The molecular weight excluding hydrogens is 484 g/mol. The van der Waals surface area contributed by atoms with E-state index in [0.29, 0.717) is 9.23 Å². The Labute approximate surface area is 135 Å². The third-order valence-corrected chi connectivity index (χ3v) is 4.79. The van der Waals surface area contributed by atoms with Crippen LogP contribution in [0.3, 0.4) is 0 Å². The Balaban J connectivity index is 2.40. The van der Waals surface area contributed by atoms with E-state index in [9.17, 15) is 9.90 Å². The molecule has 0 aliphatic carbocycles. The lowest BCUT2D eigenvalue weighted by atomic mass is 10.2. The zero-order chi connectivity index (χ0) is 12.6. The molecule has 0 aromatic heterocycles. The van der Waals surface area contributed by atoms with Crippen molar-refractivity contribution in [3.63, 3.8) is 0 Å². The molecule has 0 radical (unpaired) electrons. The number of rotatable bonds is 1. The minimum Gasteiger partial charge on any atom is -0.506 e. The lowest BCUT2D eigenvalue weighted by Crippen LogP contribution is -2.17. The zero-order valence-corrected chi connectivity index (χ0v) is 14.1. The fourth-order valence-corrected chi connectivity index (χ4v) is 4.10. The first kappa shape index (κ1) is 13.6. The van der Waals surface area contributed by atoms with Crippen molar-refractivity contribution in [2.75, 3.05) is 0 Å². The van der Waals surface area contributed by atoms with Gasteiger partial charge in [-0.1, -0.05) is 24.0 Å². The van der Waals surface area contributed by atoms with Gasteiger partial charge in [0.05, 0.1) is 12.0 Å². The van der Waals surface area contributed by atoms with Gasteiger partial charge >= 0.3 is 0 Å². The summed E-state index contributed by atoms with van der Waals surface area (Å²) >= 11 is 10.3. The number of hydrogen-bond donors (Lipinski definition) is 2. The fourth-order valence-electron chi connectivity index (χ4n) is 1.24. The number of phenolic OH excluding ortho intramolecular Hbond substituents is 1. The Hall–Kier alpha value is 0.130. The molecule has 1 aromatic carbocycles. The minimum absolute atomic E-state index is 0.168. The molecular formula is C10H5I2NO2S2. The molecule has 0 bridgehead atoms. The molecule has 1 aromatic rings. The zero-order valence-electron chi connectivity index (χ0n) is 8.16. The summed E-state index contributed by atoms with van der Waals surface area (Å²) in [5, 5.41) is 12.2. The number of hydrogen-bond acceptors (Lipinski definition) is 4. The van der Waals surface area contributed by atoms with E-state index in [4.69, 9.17) is 12.2 Å². The largest absolute Gasteiger partial charge is 0.506 e. The van der Waals surface area contributed by atoms with Crippen molar-refractivity contribution in [3.8, 4) is 5.75 Å². The molecule has 3 nitrogen and oxygen atoms in total. The van der Waals surface area contributed by atoms with Crippen molar-refractivity contribution in [2.24, 2.45) is 0 Å². The molecule has 0 unspecified atom stereocenters. The molecule has 17 heavy (non-hydrogen) atoms. The molecule has 0 saturated carbocycles. The first-order valence-electron chi connectivity index (χ1n) is 4.40. The molecule has 1 saturated heterocycles. The van der Waals surface area contributed by atoms with Gasteiger partial charge in [-0.2, -0.15) is 0 Å². The monoisotopic (exact) mass is 489 g/mol. The second-order valence-electron chi connectivity index (χ2n) is 3.19. The standard InChI is InChI=1S/C10H5I2NO2S2/c11-5-1-4(2-6(12)8(5)14)3-7-9(15)13-10(16)17-7/h1-3,14H,(H,13,15,16)/b7-3+. The number of benzene rings is 1. The molecule has 1 fully saturated rings. The van der Waals surface area contributed by atoms with Crippen LogP contribution in [0.2, 0.25) is 0 Å². The molecule has 1 aliphatic heterocycles. The summed E-state index contributed by atoms with van der Waals surface area (Å²) in [6.07, 6.45) is 1.77. The van der Waals surface area contributed by atoms with E-state index in [1.54, 1.807) is 6.08 Å². The first-order chi connectivity index (χ1) is 7.97. The molecule has 1 aliphatic rings. The van der Waals surface area contributed by atoms with Crippen molar-refractivity contribution in [1.29, 1.82) is 0 Å². The van der Waals surface area contributed by atoms with Gasteiger partial charge in [-0.15, -0.1) is 0 Å².